The molecule has 5 heteroatoms. The van der Waals surface area contributed by atoms with E-state index in [2.05, 4.69) is 152 Å². The van der Waals surface area contributed by atoms with Crippen LogP contribution in [0.3, 0.4) is 0 Å². The molecule has 2 fully saturated rings. The van der Waals surface area contributed by atoms with Crippen molar-refractivity contribution >= 4 is 32.7 Å². The van der Waals surface area contributed by atoms with Gasteiger partial charge in [0.05, 0.1) is 0 Å². The van der Waals surface area contributed by atoms with E-state index in [1.54, 1.807) is 0 Å². The predicted octanol–water partition coefficient (Wildman–Crippen LogP) is 15.4. The molecule has 0 amide bonds. The molecule has 7 aromatic carbocycles. The summed E-state index contributed by atoms with van der Waals surface area (Å²) in [5.74, 6) is 4.18. The Labute approximate surface area is 373 Å². The Kier molecular flexibility index (Phi) is 9.33. The summed E-state index contributed by atoms with van der Waals surface area (Å²) in [5, 5.41) is 4.51. The fourth-order valence-corrected chi connectivity index (χ4v) is 11.6. The lowest BCUT2D eigenvalue weighted by Crippen LogP contribution is -2.42. The summed E-state index contributed by atoms with van der Waals surface area (Å²) in [6.07, 6.45) is 10.2. The van der Waals surface area contributed by atoms with Gasteiger partial charge in [-0.1, -0.05) is 147 Å². The van der Waals surface area contributed by atoms with Crippen LogP contribution in [0.1, 0.15) is 51.5 Å². The van der Waals surface area contributed by atoms with Crippen LogP contribution in [-0.2, 0) is 5.41 Å². The minimum Gasteiger partial charge on any atom is -0.455 e. The molecule has 0 N–H and O–H groups in total. The molecule has 2 unspecified atom stereocenters. The van der Waals surface area contributed by atoms with Gasteiger partial charge in [-0.25, -0.2) is 15.0 Å². The molecule has 2 bridgehead atoms. The first-order chi connectivity index (χ1) is 31.4. The molecule has 0 radical (unpaired) electrons. The average Bonchev–Trinajstić information content (AvgIpc) is 3.73. The van der Waals surface area contributed by atoms with Gasteiger partial charge in [0.15, 0.2) is 17.5 Å². The van der Waals surface area contributed by atoms with Crippen LogP contribution in [0.5, 0.6) is 0 Å². The molecule has 12 rings (SSSR count). The van der Waals surface area contributed by atoms with Crippen molar-refractivity contribution in [2.24, 2.45) is 17.8 Å². The summed E-state index contributed by atoms with van der Waals surface area (Å²) in [4.78, 5) is 19.8. The number of hydrogen-bond donors (Lipinski definition) is 0. The second-order valence-corrected chi connectivity index (χ2v) is 18.8. The summed E-state index contributed by atoms with van der Waals surface area (Å²) in [7, 11) is 0. The third-order valence-electron chi connectivity index (χ3n) is 14.2. The molecular formula is C59H48N4O. The van der Waals surface area contributed by atoms with E-state index in [0.29, 0.717) is 17.5 Å². The number of benzene rings is 7. The Bertz CT molecular complexity index is 3320. The number of pyridine rings is 1. The van der Waals surface area contributed by atoms with Gasteiger partial charge in [-0.2, -0.15) is 0 Å². The van der Waals surface area contributed by atoms with E-state index in [1.807, 2.05) is 42.7 Å². The van der Waals surface area contributed by atoms with Crippen molar-refractivity contribution < 1.29 is 4.42 Å². The highest BCUT2D eigenvalue weighted by atomic mass is 16.3. The predicted molar refractivity (Wildman–Crippen MR) is 262 cm³/mol. The molecule has 0 spiro atoms. The van der Waals surface area contributed by atoms with Gasteiger partial charge in [-0.05, 0) is 124 Å². The number of rotatable bonds is 7. The van der Waals surface area contributed by atoms with Crippen LogP contribution in [0.25, 0.3) is 100 Å². The second kappa shape index (κ2) is 15.5. The van der Waals surface area contributed by atoms with E-state index in [1.165, 1.54) is 48.4 Å². The molecular weight excluding hydrogens is 781 g/mol. The van der Waals surface area contributed by atoms with E-state index < -0.39 is 0 Å². The normalized spacial score (nSPS) is 19.6. The zero-order valence-corrected chi connectivity index (χ0v) is 36.2. The molecule has 64 heavy (non-hydrogen) atoms. The molecule has 3 heterocycles. The van der Waals surface area contributed by atoms with Gasteiger partial charge in [-0.3, -0.25) is 4.98 Å². The van der Waals surface area contributed by atoms with Gasteiger partial charge in [0.2, 0.25) is 0 Å². The highest BCUT2D eigenvalue weighted by Gasteiger charge is 2.45. The van der Waals surface area contributed by atoms with Gasteiger partial charge >= 0.3 is 0 Å². The summed E-state index contributed by atoms with van der Waals surface area (Å²) in [6.45, 7) is 4.93. The summed E-state index contributed by atoms with van der Waals surface area (Å²) in [5.41, 5.74) is 12.8. The SMILES string of the molecule is CC1CC2CC(C)CC(c3ccc(-c4cc(-c5nc(-c6ccccc6)nc(-c6ccc(-c7ccncc7)cc6)n5)cc5c4oc4c(-c6ccc7ccccc7c6)cccc45)cc3)(C1)C2. The molecule has 310 valence electrons. The molecule has 5 nitrogen and oxygen atoms in total. The van der Waals surface area contributed by atoms with E-state index >= 15 is 0 Å². The lowest BCUT2D eigenvalue weighted by Gasteiger charge is -2.50. The first-order valence-electron chi connectivity index (χ1n) is 22.9. The Morgan fingerprint density at radius 3 is 1.77 bits per heavy atom. The fourth-order valence-electron chi connectivity index (χ4n) is 11.6. The number of nitrogens with zero attached hydrogens (tertiary/aromatic N) is 4. The van der Waals surface area contributed by atoms with Crippen LogP contribution < -0.4 is 0 Å². The van der Waals surface area contributed by atoms with Crippen molar-refractivity contribution in [3.63, 3.8) is 0 Å². The third kappa shape index (κ3) is 6.87. The maximum absolute atomic E-state index is 7.14. The van der Waals surface area contributed by atoms with Gasteiger partial charge < -0.3 is 4.42 Å². The topological polar surface area (TPSA) is 64.7 Å². The minimum atomic E-state index is 0.245. The minimum absolute atomic E-state index is 0.245. The number of furan rings is 1. The van der Waals surface area contributed by atoms with Gasteiger partial charge in [0, 0.05) is 51.0 Å². The molecule has 2 aliphatic rings. The van der Waals surface area contributed by atoms with Crippen molar-refractivity contribution in [2.45, 2.75) is 51.4 Å². The van der Waals surface area contributed by atoms with Crippen LogP contribution in [0.2, 0.25) is 0 Å². The number of fused-ring (bicyclic) bond motifs is 6. The standard InChI is InChI=1S/C59H48N4O/c1-37-29-39-30-38(2)35-59(34-37,36-39)49-23-21-43(22-24-49)52-32-48(33-53-51-14-8-13-50(54(51)64-55(52)53)47-20-17-40-9-6-7-12-46(40)31-47)58-62-56(44-10-4-3-5-11-44)61-57(63-58)45-18-15-41(16-19-45)42-25-27-60-28-26-42/h3-28,31-33,37-39H,29-30,34-36H2,1-2H3. The molecule has 2 saturated carbocycles. The third-order valence-corrected chi connectivity index (χ3v) is 14.2. The van der Waals surface area contributed by atoms with Crippen molar-refractivity contribution in [1.82, 2.24) is 19.9 Å². The quantitative estimate of drug-likeness (QED) is 0.160. The monoisotopic (exact) mass is 828 g/mol. The molecule has 2 aliphatic carbocycles. The Hall–Kier alpha value is -7.24. The van der Waals surface area contributed by atoms with E-state index in [4.69, 9.17) is 19.4 Å². The van der Waals surface area contributed by atoms with E-state index in [0.717, 1.165) is 89.8 Å². The second-order valence-electron chi connectivity index (χ2n) is 18.8. The molecule has 0 aliphatic heterocycles. The zero-order chi connectivity index (χ0) is 42.8. The van der Waals surface area contributed by atoms with Crippen LogP contribution in [-0.4, -0.2) is 19.9 Å². The largest absolute Gasteiger partial charge is 0.455 e. The smallest absolute Gasteiger partial charge is 0.164 e. The average molecular weight is 829 g/mol. The van der Waals surface area contributed by atoms with E-state index in [-0.39, 0.29) is 5.41 Å². The summed E-state index contributed by atoms with van der Waals surface area (Å²) < 4.78 is 7.14. The maximum atomic E-state index is 7.14. The lowest BCUT2D eigenvalue weighted by molar-refractivity contribution is 0.0780. The first kappa shape index (κ1) is 38.4. The van der Waals surface area contributed by atoms with Gasteiger partial charge in [-0.15, -0.1) is 0 Å². The van der Waals surface area contributed by atoms with Gasteiger partial charge in [0.25, 0.3) is 0 Å². The summed E-state index contributed by atoms with van der Waals surface area (Å²) in [6, 6.07) is 58.4. The number of hydrogen-bond acceptors (Lipinski definition) is 5. The van der Waals surface area contributed by atoms with Crippen LogP contribution >= 0.6 is 0 Å². The number of aromatic nitrogens is 4. The molecule has 2 atom stereocenters. The Morgan fingerprint density at radius 2 is 1.03 bits per heavy atom. The molecule has 10 aromatic rings. The Morgan fingerprint density at radius 1 is 0.438 bits per heavy atom. The maximum Gasteiger partial charge on any atom is 0.164 e. The van der Waals surface area contributed by atoms with Crippen LogP contribution in [0.15, 0.2) is 181 Å². The van der Waals surface area contributed by atoms with Crippen LogP contribution in [0, 0.1) is 17.8 Å². The van der Waals surface area contributed by atoms with Crippen molar-refractivity contribution in [1.29, 1.82) is 0 Å². The van der Waals surface area contributed by atoms with Gasteiger partial charge in [0.1, 0.15) is 11.2 Å². The summed E-state index contributed by atoms with van der Waals surface area (Å²) >= 11 is 0. The number of para-hydroxylation sites is 1. The molecule has 0 saturated heterocycles. The zero-order valence-electron chi connectivity index (χ0n) is 36.2. The van der Waals surface area contributed by atoms with Crippen molar-refractivity contribution in [3.8, 4) is 67.5 Å². The van der Waals surface area contributed by atoms with E-state index in [9.17, 15) is 0 Å². The fraction of sp³-hybridized carbons (Fsp3) is 0.186. The van der Waals surface area contributed by atoms with Crippen molar-refractivity contribution in [2.75, 3.05) is 0 Å². The molecule has 3 aromatic heterocycles. The Balaban J connectivity index is 1.05. The lowest BCUT2D eigenvalue weighted by atomic mass is 9.54. The first-order valence-corrected chi connectivity index (χ1v) is 22.9. The highest BCUT2D eigenvalue weighted by Crippen LogP contribution is 2.54. The van der Waals surface area contributed by atoms with Crippen LogP contribution in [0.4, 0.5) is 0 Å². The highest BCUT2D eigenvalue weighted by molar-refractivity contribution is 6.14. The van der Waals surface area contributed by atoms with Crippen molar-refractivity contribution in [3.05, 3.63) is 182 Å².